The first-order valence-corrected chi connectivity index (χ1v) is 5.00. The SMILES string of the molecule is O=C(NI)C(=O)c1[nH]cc(O)c(=O)c1Cl. The lowest BCUT2D eigenvalue weighted by atomic mass is 10.2. The summed E-state index contributed by atoms with van der Waals surface area (Å²) >= 11 is 6.97. The molecule has 1 heterocycles. The van der Waals surface area contributed by atoms with Crippen molar-refractivity contribution in [2.45, 2.75) is 0 Å². The summed E-state index contributed by atoms with van der Waals surface area (Å²) < 4.78 is 2.06. The molecule has 0 fully saturated rings. The van der Waals surface area contributed by atoms with E-state index in [-0.39, 0.29) is 5.69 Å². The summed E-state index contributed by atoms with van der Waals surface area (Å²) in [5.74, 6) is -2.52. The first kappa shape index (κ1) is 12.0. The quantitative estimate of drug-likeness (QED) is 0.313. The van der Waals surface area contributed by atoms with Gasteiger partial charge < -0.3 is 10.1 Å². The number of hydrogen-bond acceptors (Lipinski definition) is 4. The topological polar surface area (TPSA) is 99.3 Å². The normalized spacial score (nSPS) is 9.73. The minimum Gasteiger partial charge on any atom is -0.503 e. The van der Waals surface area contributed by atoms with Gasteiger partial charge in [-0.15, -0.1) is 0 Å². The highest BCUT2D eigenvalue weighted by Gasteiger charge is 2.21. The molecule has 8 heteroatoms. The maximum atomic E-state index is 11.3. The lowest BCUT2D eigenvalue weighted by Crippen LogP contribution is -2.26. The van der Waals surface area contributed by atoms with Crippen molar-refractivity contribution in [2.75, 3.05) is 0 Å². The smallest absolute Gasteiger partial charge is 0.302 e. The first-order valence-electron chi connectivity index (χ1n) is 3.54. The number of H-pyrrole nitrogens is 1. The van der Waals surface area contributed by atoms with Gasteiger partial charge in [0.2, 0.25) is 5.43 Å². The Morgan fingerprint density at radius 2 is 2.13 bits per heavy atom. The maximum Gasteiger partial charge on any atom is 0.302 e. The molecule has 6 nitrogen and oxygen atoms in total. The molecule has 0 aliphatic heterocycles. The second kappa shape index (κ2) is 4.62. The number of aromatic hydroxyl groups is 1. The zero-order chi connectivity index (χ0) is 11.6. The zero-order valence-electron chi connectivity index (χ0n) is 7.01. The molecule has 0 spiro atoms. The highest BCUT2D eigenvalue weighted by molar-refractivity contribution is 14.1. The summed E-state index contributed by atoms with van der Waals surface area (Å²) in [4.78, 5) is 35.6. The predicted molar refractivity (Wildman–Crippen MR) is 60.2 cm³/mol. The van der Waals surface area contributed by atoms with Crippen molar-refractivity contribution in [1.82, 2.24) is 8.51 Å². The molecule has 0 bridgehead atoms. The number of pyridine rings is 1. The molecule has 0 aromatic carbocycles. The van der Waals surface area contributed by atoms with Crippen LogP contribution in [0, 0.1) is 0 Å². The summed E-state index contributed by atoms with van der Waals surface area (Å²) in [6.07, 6.45) is 0.891. The van der Waals surface area contributed by atoms with E-state index in [0.29, 0.717) is 0 Å². The summed E-state index contributed by atoms with van der Waals surface area (Å²) in [6.45, 7) is 0. The highest BCUT2D eigenvalue weighted by atomic mass is 127. The molecule has 0 atom stereocenters. The number of aromatic nitrogens is 1. The van der Waals surface area contributed by atoms with Crippen LogP contribution in [0.15, 0.2) is 11.0 Å². The number of aromatic amines is 1. The third kappa shape index (κ3) is 2.29. The molecule has 15 heavy (non-hydrogen) atoms. The Kier molecular flexibility index (Phi) is 3.69. The molecule has 1 rings (SSSR count). The molecule has 0 saturated carbocycles. The van der Waals surface area contributed by atoms with Crippen LogP contribution in [0.4, 0.5) is 0 Å². The van der Waals surface area contributed by atoms with Gasteiger partial charge in [-0.1, -0.05) is 11.6 Å². The van der Waals surface area contributed by atoms with E-state index in [9.17, 15) is 14.4 Å². The summed E-state index contributed by atoms with van der Waals surface area (Å²) in [6, 6.07) is 0. The van der Waals surface area contributed by atoms with Crippen LogP contribution in [-0.2, 0) is 4.79 Å². The lowest BCUT2D eigenvalue weighted by Gasteiger charge is -2.01. The van der Waals surface area contributed by atoms with Crippen molar-refractivity contribution in [1.29, 1.82) is 0 Å². The van der Waals surface area contributed by atoms with E-state index in [1.807, 2.05) is 0 Å². The minimum atomic E-state index is -0.980. The zero-order valence-corrected chi connectivity index (χ0v) is 9.92. The van der Waals surface area contributed by atoms with Gasteiger partial charge in [0.15, 0.2) is 5.75 Å². The number of Topliss-reactive ketones (excluding diaryl/α,β-unsaturated/α-hetero) is 1. The second-order valence-corrected chi connectivity index (χ2v) is 3.36. The number of ketones is 1. The van der Waals surface area contributed by atoms with Crippen molar-refractivity contribution in [2.24, 2.45) is 0 Å². The van der Waals surface area contributed by atoms with Crippen molar-refractivity contribution in [3.8, 4) is 5.75 Å². The molecule has 0 aliphatic carbocycles. The predicted octanol–water partition coefficient (Wildman–Crippen LogP) is 0.383. The fourth-order valence-electron chi connectivity index (χ4n) is 0.817. The van der Waals surface area contributed by atoms with Crippen molar-refractivity contribution in [3.63, 3.8) is 0 Å². The number of hydrogen-bond donors (Lipinski definition) is 3. The first-order chi connectivity index (χ1) is 6.99. The third-order valence-corrected chi connectivity index (χ3v) is 2.37. The van der Waals surface area contributed by atoms with Crippen LogP contribution in [0.1, 0.15) is 10.5 Å². The Morgan fingerprint density at radius 1 is 1.53 bits per heavy atom. The number of carbonyl (C=O) groups excluding carboxylic acids is 2. The fourth-order valence-corrected chi connectivity index (χ4v) is 1.30. The standard InChI is InChI=1S/C7H4ClIN2O4/c8-3-4(6(14)7(15)11-9)10-1-2(12)5(3)13/h1,12H,(H,10,13)(H,11,15). The van der Waals surface area contributed by atoms with Gasteiger partial charge >= 0.3 is 5.91 Å². The van der Waals surface area contributed by atoms with Crippen LogP contribution in [-0.4, -0.2) is 21.8 Å². The maximum absolute atomic E-state index is 11.3. The molecule has 0 unspecified atom stereocenters. The van der Waals surface area contributed by atoms with E-state index in [0.717, 1.165) is 6.20 Å². The van der Waals surface area contributed by atoms with Crippen LogP contribution in [0.2, 0.25) is 5.02 Å². The molecule has 1 aromatic rings. The Hall–Kier alpha value is -1.09. The van der Waals surface area contributed by atoms with Gasteiger partial charge in [0.05, 0.1) is 22.9 Å². The molecule has 0 radical (unpaired) electrons. The Bertz CT molecular complexity index is 484. The van der Waals surface area contributed by atoms with E-state index >= 15 is 0 Å². The van der Waals surface area contributed by atoms with Crippen LogP contribution in [0.25, 0.3) is 0 Å². The minimum absolute atomic E-state index is 0.353. The lowest BCUT2D eigenvalue weighted by molar-refractivity contribution is -0.114. The molecule has 3 N–H and O–H groups in total. The van der Waals surface area contributed by atoms with Gasteiger partial charge in [0, 0.05) is 6.20 Å². The van der Waals surface area contributed by atoms with E-state index in [4.69, 9.17) is 16.7 Å². The van der Waals surface area contributed by atoms with E-state index in [2.05, 4.69) is 8.51 Å². The average molecular weight is 342 g/mol. The van der Waals surface area contributed by atoms with E-state index in [1.165, 1.54) is 22.9 Å². The number of nitrogens with one attached hydrogen (secondary N) is 2. The Morgan fingerprint density at radius 3 is 2.67 bits per heavy atom. The van der Waals surface area contributed by atoms with Crippen LogP contribution in [0.5, 0.6) is 5.75 Å². The van der Waals surface area contributed by atoms with Crippen molar-refractivity contribution < 1.29 is 14.7 Å². The Balaban J connectivity index is 3.29. The molecular formula is C7H4ClIN2O4. The summed E-state index contributed by atoms with van der Waals surface area (Å²) in [5, 5.41) is 8.45. The number of rotatable bonds is 2. The molecule has 80 valence electrons. The van der Waals surface area contributed by atoms with Gasteiger partial charge in [0.1, 0.15) is 10.7 Å². The summed E-state index contributed by atoms with van der Waals surface area (Å²) in [7, 11) is 0. The molecule has 0 saturated heterocycles. The Labute approximate surface area is 102 Å². The van der Waals surface area contributed by atoms with Gasteiger partial charge in [-0.25, -0.2) is 0 Å². The van der Waals surface area contributed by atoms with Gasteiger partial charge in [-0.2, -0.15) is 0 Å². The second-order valence-electron chi connectivity index (χ2n) is 2.44. The van der Waals surface area contributed by atoms with Crippen molar-refractivity contribution in [3.05, 3.63) is 27.1 Å². The number of halogens is 2. The van der Waals surface area contributed by atoms with Crippen LogP contribution < -0.4 is 8.96 Å². The van der Waals surface area contributed by atoms with Crippen LogP contribution >= 0.6 is 34.5 Å². The third-order valence-electron chi connectivity index (χ3n) is 1.52. The number of amides is 1. The molecule has 0 aliphatic rings. The largest absolute Gasteiger partial charge is 0.503 e. The van der Waals surface area contributed by atoms with Gasteiger partial charge in [0.25, 0.3) is 5.78 Å². The average Bonchev–Trinajstić information content (AvgIpc) is 2.24. The molecule has 1 aromatic heterocycles. The number of carbonyl (C=O) groups is 2. The van der Waals surface area contributed by atoms with Gasteiger partial charge in [-0.3, -0.25) is 17.9 Å². The highest BCUT2D eigenvalue weighted by Crippen LogP contribution is 2.12. The monoisotopic (exact) mass is 342 g/mol. The van der Waals surface area contributed by atoms with Gasteiger partial charge in [-0.05, 0) is 0 Å². The summed E-state index contributed by atoms with van der Waals surface area (Å²) in [5.41, 5.74) is -1.26. The van der Waals surface area contributed by atoms with E-state index < -0.39 is 27.9 Å². The van der Waals surface area contributed by atoms with Crippen LogP contribution in [0.3, 0.4) is 0 Å². The van der Waals surface area contributed by atoms with E-state index in [1.54, 1.807) is 0 Å². The molecule has 1 amide bonds. The molecular weight excluding hydrogens is 338 g/mol. The fraction of sp³-hybridized carbons (Fsp3) is 0. The van der Waals surface area contributed by atoms with Crippen molar-refractivity contribution >= 4 is 46.2 Å².